The maximum atomic E-state index is 10.6. The summed E-state index contributed by atoms with van der Waals surface area (Å²) in [6.45, 7) is 1.03. The summed E-state index contributed by atoms with van der Waals surface area (Å²) in [5, 5.41) is 10.6. The molecule has 1 rings (SSSR count). The van der Waals surface area contributed by atoms with Crippen LogP contribution in [0.15, 0.2) is 18.2 Å². The lowest BCUT2D eigenvalue weighted by molar-refractivity contribution is -0.384. The summed E-state index contributed by atoms with van der Waals surface area (Å²) in [5.41, 5.74) is 5.77. The fourth-order valence-electron chi connectivity index (χ4n) is 1.19. The second kappa shape index (κ2) is 5.92. The highest BCUT2D eigenvalue weighted by atomic mass is 16.6. The van der Waals surface area contributed by atoms with Crippen molar-refractivity contribution in [2.24, 2.45) is 0 Å². The Hall–Kier alpha value is -1.82. The molecule has 0 aliphatic heterocycles. The molecule has 2 N–H and O–H groups in total. The molecule has 6 nitrogen and oxygen atoms in total. The number of ether oxygens (including phenoxy) is 2. The number of nitrogens with two attached hydrogens (primary N) is 1. The molecule has 0 saturated heterocycles. The van der Waals surface area contributed by atoms with Gasteiger partial charge in [0.25, 0.3) is 5.69 Å². The summed E-state index contributed by atoms with van der Waals surface area (Å²) in [7, 11) is 1.60. The van der Waals surface area contributed by atoms with E-state index < -0.39 is 4.92 Å². The number of nitrogens with zero attached hydrogens (tertiary/aromatic N) is 1. The Morgan fingerprint density at radius 2 is 2.12 bits per heavy atom. The van der Waals surface area contributed by atoms with E-state index >= 15 is 0 Å². The molecule has 0 unspecified atom stereocenters. The van der Waals surface area contributed by atoms with E-state index in [0.29, 0.717) is 24.7 Å². The number of hydrogen-bond acceptors (Lipinski definition) is 5. The number of nitrogen functional groups attached to an aromatic ring is 1. The fourth-order valence-corrected chi connectivity index (χ4v) is 1.19. The first-order valence-electron chi connectivity index (χ1n) is 4.80. The maximum Gasteiger partial charge on any atom is 0.275 e. The summed E-state index contributed by atoms with van der Waals surface area (Å²) in [5.74, 6) is 0.405. The van der Waals surface area contributed by atoms with Gasteiger partial charge in [-0.1, -0.05) is 0 Å². The maximum absolute atomic E-state index is 10.6. The van der Waals surface area contributed by atoms with Crippen LogP contribution in [-0.2, 0) is 4.74 Å². The molecule has 0 aliphatic rings. The van der Waals surface area contributed by atoms with Crippen LogP contribution in [0.5, 0.6) is 5.75 Å². The lowest BCUT2D eigenvalue weighted by Gasteiger charge is -2.06. The Balaban J connectivity index is 2.62. The third-order valence-electron chi connectivity index (χ3n) is 1.89. The molecule has 6 heteroatoms. The van der Waals surface area contributed by atoms with Crippen molar-refractivity contribution in [2.45, 2.75) is 6.42 Å². The van der Waals surface area contributed by atoms with Crippen LogP contribution in [-0.4, -0.2) is 25.2 Å². The molecule has 0 saturated carbocycles. The molecular weight excluding hydrogens is 212 g/mol. The van der Waals surface area contributed by atoms with E-state index in [0.717, 1.165) is 6.42 Å². The van der Waals surface area contributed by atoms with Gasteiger partial charge in [0.15, 0.2) is 0 Å². The lowest BCUT2D eigenvalue weighted by Crippen LogP contribution is -2.02. The highest BCUT2D eigenvalue weighted by Gasteiger charge is 2.08. The minimum Gasteiger partial charge on any atom is -0.493 e. The van der Waals surface area contributed by atoms with Crippen LogP contribution in [0.1, 0.15) is 6.42 Å². The first-order valence-corrected chi connectivity index (χ1v) is 4.80. The first kappa shape index (κ1) is 12.3. The molecule has 0 spiro atoms. The fraction of sp³-hybridized carbons (Fsp3) is 0.400. The van der Waals surface area contributed by atoms with E-state index in [2.05, 4.69) is 0 Å². The van der Waals surface area contributed by atoms with Crippen molar-refractivity contribution in [1.82, 2.24) is 0 Å². The number of hydrogen-bond donors (Lipinski definition) is 1. The second-order valence-electron chi connectivity index (χ2n) is 3.21. The van der Waals surface area contributed by atoms with Crippen molar-refractivity contribution in [3.8, 4) is 5.75 Å². The zero-order valence-corrected chi connectivity index (χ0v) is 9.01. The van der Waals surface area contributed by atoms with Gasteiger partial charge in [-0.15, -0.1) is 0 Å². The van der Waals surface area contributed by atoms with Crippen molar-refractivity contribution in [3.05, 3.63) is 28.3 Å². The number of non-ortho nitro benzene ring substituents is 1. The summed E-state index contributed by atoms with van der Waals surface area (Å²) in [6, 6.07) is 4.20. The van der Waals surface area contributed by atoms with E-state index in [1.165, 1.54) is 12.1 Å². The SMILES string of the molecule is COCCCOc1cc(N)cc([N+](=O)[O-])c1. The van der Waals surface area contributed by atoms with Gasteiger partial charge < -0.3 is 15.2 Å². The molecule has 1 aromatic carbocycles. The first-order chi connectivity index (χ1) is 7.63. The van der Waals surface area contributed by atoms with Gasteiger partial charge in [0.05, 0.1) is 17.6 Å². The quantitative estimate of drug-likeness (QED) is 0.344. The molecule has 0 amide bonds. The molecule has 0 bridgehead atoms. The Morgan fingerprint density at radius 1 is 1.38 bits per heavy atom. The topological polar surface area (TPSA) is 87.6 Å². The molecule has 0 heterocycles. The zero-order chi connectivity index (χ0) is 12.0. The Labute approximate surface area is 93.1 Å². The molecule has 88 valence electrons. The van der Waals surface area contributed by atoms with Crippen LogP contribution < -0.4 is 10.5 Å². The monoisotopic (exact) mass is 226 g/mol. The summed E-state index contributed by atoms with van der Waals surface area (Å²) < 4.78 is 10.2. The van der Waals surface area contributed by atoms with Gasteiger partial charge in [-0.05, 0) is 0 Å². The van der Waals surface area contributed by atoms with Crippen LogP contribution in [0.4, 0.5) is 11.4 Å². The standard InChI is InChI=1S/C10H14N2O4/c1-15-3-2-4-16-10-6-8(11)5-9(7-10)12(13)14/h5-7H,2-4,11H2,1H3. The number of anilines is 1. The van der Waals surface area contributed by atoms with Gasteiger partial charge in [-0.3, -0.25) is 10.1 Å². The number of rotatable bonds is 6. The minimum absolute atomic E-state index is 0.0678. The van der Waals surface area contributed by atoms with E-state index in [1.807, 2.05) is 0 Å². The third-order valence-corrected chi connectivity index (χ3v) is 1.89. The van der Waals surface area contributed by atoms with E-state index in [4.69, 9.17) is 15.2 Å². The van der Waals surface area contributed by atoms with Crippen LogP contribution in [0.25, 0.3) is 0 Å². The smallest absolute Gasteiger partial charge is 0.275 e. The van der Waals surface area contributed by atoms with Gasteiger partial charge in [-0.25, -0.2) is 0 Å². The predicted molar refractivity (Wildman–Crippen MR) is 59.5 cm³/mol. The summed E-state index contributed by atoms with van der Waals surface area (Å²) in [4.78, 5) is 10.1. The van der Waals surface area contributed by atoms with Crippen LogP contribution in [0.2, 0.25) is 0 Å². The normalized spacial score (nSPS) is 10.1. The number of benzene rings is 1. The van der Waals surface area contributed by atoms with Crippen molar-refractivity contribution in [3.63, 3.8) is 0 Å². The summed E-state index contributed by atoms with van der Waals surface area (Å²) in [6.07, 6.45) is 0.721. The van der Waals surface area contributed by atoms with Crippen molar-refractivity contribution in [2.75, 3.05) is 26.1 Å². The van der Waals surface area contributed by atoms with Crippen LogP contribution >= 0.6 is 0 Å². The number of nitro benzene ring substituents is 1. The molecule has 0 aliphatic carbocycles. The minimum atomic E-state index is -0.502. The molecule has 0 radical (unpaired) electrons. The Bertz CT molecular complexity index is 368. The lowest BCUT2D eigenvalue weighted by atomic mass is 10.2. The molecule has 1 aromatic rings. The van der Waals surface area contributed by atoms with Gasteiger partial charge in [-0.2, -0.15) is 0 Å². The van der Waals surface area contributed by atoms with Crippen LogP contribution in [0.3, 0.4) is 0 Å². The van der Waals surface area contributed by atoms with Crippen LogP contribution in [0, 0.1) is 10.1 Å². The predicted octanol–water partition coefficient (Wildman–Crippen LogP) is 1.59. The molecule has 16 heavy (non-hydrogen) atoms. The third kappa shape index (κ3) is 3.74. The van der Waals surface area contributed by atoms with E-state index in [1.54, 1.807) is 13.2 Å². The molecular formula is C10H14N2O4. The summed E-state index contributed by atoms with van der Waals surface area (Å²) >= 11 is 0. The van der Waals surface area contributed by atoms with Gasteiger partial charge >= 0.3 is 0 Å². The Kier molecular flexibility index (Phi) is 4.53. The van der Waals surface area contributed by atoms with Gasteiger partial charge in [0, 0.05) is 38.0 Å². The molecule has 0 aromatic heterocycles. The molecule has 0 fully saturated rings. The number of methoxy groups -OCH3 is 1. The Morgan fingerprint density at radius 3 is 2.75 bits per heavy atom. The zero-order valence-electron chi connectivity index (χ0n) is 9.01. The average molecular weight is 226 g/mol. The van der Waals surface area contributed by atoms with Crippen molar-refractivity contribution in [1.29, 1.82) is 0 Å². The highest BCUT2D eigenvalue weighted by molar-refractivity contribution is 5.53. The van der Waals surface area contributed by atoms with E-state index in [-0.39, 0.29) is 5.69 Å². The van der Waals surface area contributed by atoms with Crippen molar-refractivity contribution >= 4 is 11.4 Å². The van der Waals surface area contributed by atoms with Crippen molar-refractivity contribution < 1.29 is 14.4 Å². The van der Waals surface area contributed by atoms with Gasteiger partial charge in [0.2, 0.25) is 0 Å². The second-order valence-corrected chi connectivity index (χ2v) is 3.21. The van der Waals surface area contributed by atoms with E-state index in [9.17, 15) is 10.1 Å². The van der Waals surface area contributed by atoms with Gasteiger partial charge in [0.1, 0.15) is 5.75 Å². The highest BCUT2D eigenvalue weighted by Crippen LogP contribution is 2.24. The largest absolute Gasteiger partial charge is 0.493 e. The molecule has 0 atom stereocenters. The number of nitro groups is 1. The average Bonchev–Trinajstić information content (AvgIpc) is 2.23.